The van der Waals surface area contributed by atoms with Crippen LogP contribution in [0, 0.1) is 0 Å². The molecule has 1 heterocycles. The van der Waals surface area contributed by atoms with Crippen LogP contribution in [0.5, 0.6) is 5.75 Å². The summed E-state index contributed by atoms with van der Waals surface area (Å²) in [6, 6.07) is 10.1. The zero-order valence-electron chi connectivity index (χ0n) is 9.11. The normalized spacial score (nSPS) is 11.0. The maximum absolute atomic E-state index is 9.41. The summed E-state index contributed by atoms with van der Waals surface area (Å²) in [6.45, 7) is 0. The van der Waals surface area contributed by atoms with E-state index < -0.39 is 0 Å². The second-order valence-electron chi connectivity index (χ2n) is 3.91. The van der Waals surface area contributed by atoms with Crippen molar-refractivity contribution in [2.24, 2.45) is 0 Å². The van der Waals surface area contributed by atoms with Gasteiger partial charge in [0, 0.05) is 16.7 Å². The number of aromatic nitrogens is 2. The Kier molecular flexibility index (Phi) is 2.65. The number of rotatable bonds is 1. The maximum Gasteiger partial charge on any atom is 0.140 e. The van der Waals surface area contributed by atoms with Crippen molar-refractivity contribution >= 4 is 34.2 Å². The first-order valence-corrected chi connectivity index (χ1v) is 6.03. The van der Waals surface area contributed by atoms with Gasteiger partial charge in [0.25, 0.3) is 0 Å². The lowest BCUT2D eigenvalue weighted by molar-refractivity contribution is 0.476. The summed E-state index contributed by atoms with van der Waals surface area (Å²) < 4.78 is 0. The Hall–Kier alpha value is -1.71. The third-order valence-corrected chi connectivity index (χ3v) is 3.21. The summed E-state index contributed by atoms with van der Waals surface area (Å²) in [5.74, 6) is 0.818. The zero-order valence-corrected chi connectivity index (χ0v) is 10.6. The van der Waals surface area contributed by atoms with E-state index in [1.807, 2.05) is 0 Å². The molecule has 2 N–H and O–H groups in total. The number of aromatic hydroxyl groups is 1. The minimum absolute atomic E-state index is 0.190. The van der Waals surface area contributed by atoms with Crippen LogP contribution in [0.25, 0.3) is 22.4 Å². The van der Waals surface area contributed by atoms with Crippen LogP contribution in [0.4, 0.5) is 0 Å². The Morgan fingerprint density at radius 3 is 2.72 bits per heavy atom. The van der Waals surface area contributed by atoms with E-state index >= 15 is 0 Å². The highest BCUT2D eigenvalue weighted by Gasteiger charge is 2.09. The van der Waals surface area contributed by atoms with Gasteiger partial charge >= 0.3 is 0 Å². The van der Waals surface area contributed by atoms with Crippen LogP contribution in [-0.4, -0.2) is 15.1 Å². The maximum atomic E-state index is 9.41. The Morgan fingerprint density at radius 2 is 1.89 bits per heavy atom. The number of hydrogen-bond donors (Lipinski definition) is 2. The largest absolute Gasteiger partial charge is 0.508 e. The molecule has 0 aliphatic rings. The fourth-order valence-corrected chi connectivity index (χ4v) is 2.18. The second kappa shape index (κ2) is 4.19. The van der Waals surface area contributed by atoms with Gasteiger partial charge in [0.1, 0.15) is 11.6 Å². The lowest BCUT2D eigenvalue weighted by Gasteiger charge is -2.00. The first kappa shape index (κ1) is 11.4. The van der Waals surface area contributed by atoms with Gasteiger partial charge in [0.15, 0.2) is 0 Å². The van der Waals surface area contributed by atoms with Crippen LogP contribution >= 0.6 is 23.2 Å². The first-order chi connectivity index (χ1) is 8.63. The molecular weight excluding hydrogens is 271 g/mol. The fourth-order valence-electron chi connectivity index (χ4n) is 1.80. The number of benzene rings is 2. The van der Waals surface area contributed by atoms with Gasteiger partial charge in [-0.2, -0.15) is 0 Å². The molecule has 0 bridgehead atoms. The van der Waals surface area contributed by atoms with Gasteiger partial charge in [-0.3, -0.25) is 0 Å². The van der Waals surface area contributed by atoms with Gasteiger partial charge in [-0.05, 0) is 30.3 Å². The van der Waals surface area contributed by atoms with Crippen LogP contribution in [0.3, 0.4) is 0 Å². The van der Waals surface area contributed by atoms with Crippen molar-refractivity contribution in [2.45, 2.75) is 0 Å². The molecular formula is C13H8Cl2N2O. The summed E-state index contributed by atoms with van der Waals surface area (Å²) in [7, 11) is 0. The number of nitrogens with zero attached hydrogens (tertiary/aromatic N) is 1. The third-order valence-electron chi connectivity index (χ3n) is 2.65. The number of phenolic OH excluding ortho intramolecular Hbond substituents is 1. The number of halogens is 2. The molecule has 5 heteroatoms. The van der Waals surface area contributed by atoms with E-state index in [1.165, 1.54) is 0 Å². The highest BCUT2D eigenvalue weighted by atomic mass is 35.5. The Bertz CT molecular complexity index is 737. The second-order valence-corrected chi connectivity index (χ2v) is 4.75. The van der Waals surface area contributed by atoms with Crippen molar-refractivity contribution in [1.29, 1.82) is 0 Å². The summed E-state index contributed by atoms with van der Waals surface area (Å²) in [6.07, 6.45) is 0. The average Bonchev–Trinajstić information content (AvgIpc) is 2.74. The molecule has 0 amide bonds. The molecule has 0 unspecified atom stereocenters. The first-order valence-electron chi connectivity index (χ1n) is 5.27. The Morgan fingerprint density at radius 1 is 1.06 bits per heavy atom. The molecule has 1 aromatic heterocycles. The van der Waals surface area contributed by atoms with E-state index in [-0.39, 0.29) is 5.75 Å². The number of fused-ring (bicyclic) bond motifs is 1. The van der Waals surface area contributed by atoms with E-state index in [0.717, 1.165) is 16.6 Å². The molecule has 0 aliphatic carbocycles. The average molecular weight is 279 g/mol. The summed E-state index contributed by atoms with van der Waals surface area (Å²) in [4.78, 5) is 7.52. The predicted octanol–water partition coefficient (Wildman–Crippen LogP) is 4.24. The number of phenols is 1. The van der Waals surface area contributed by atoms with Crippen molar-refractivity contribution < 1.29 is 5.11 Å². The SMILES string of the molecule is Oc1ccc2nc(-c3cc(Cl)ccc3Cl)[nH]c2c1. The quantitative estimate of drug-likeness (QED) is 0.699. The number of aromatic amines is 1. The van der Waals surface area contributed by atoms with Crippen LogP contribution < -0.4 is 0 Å². The van der Waals surface area contributed by atoms with Gasteiger partial charge in [-0.25, -0.2) is 4.98 Å². The molecule has 0 saturated carbocycles. The molecule has 18 heavy (non-hydrogen) atoms. The van der Waals surface area contributed by atoms with Crippen molar-refractivity contribution in [3.63, 3.8) is 0 Å². The fraction of sp³-hybridized carbons (Fsp3) is 0. The minimum atomic E-state index is 0.190. The molecule has 3 rings (SSSR count). The van der Waals surface area contributed by atoms with Gasteiger partial charge < -0.3 is 10.1 Å². The molecule has 90 valence electrons. The smallest absolute Gasteiger partial charge is 0.140 e. The van der Waals surface area contributed by atoms with Crippen LogP contribution in [-0.2, 0) is 0 Å². The molecule has 3 nitrogen and oxygen atoms in total. The third kappa shape index (κ3) is 1.92. The molecule has 2 aromatic carbocycles. The summed E-state index contributed by atoms with van der Waals surface area (Å²) in [5, 5.41) is 10.6. The Labute approximate surface area is 113 Å². The van der Waals surface area contributed by atoms with Gasteiger partial charge in [-0.15, -0.1) is 0 Å². The van der Waals surface area contributed by atoms with Crippen molar-refractivity contribution in [1.82, 2.24) is 9.97 Å². The van der Waals surface area contributed by atoms with E-state index in [0.29, 0.717) is 15.9 Å². The minimum Gasteiger partial charge on any atom is -0.508 e. The molecule has 3 aromatic rings. The van der Waals surface area contributed by atoms with Gasteiger partial charge in [0.2, 0.25) is 0 Å². The Balaban J connectivity index is 2.22. The molecule has 0 saturated heterocycles. The van der Waals surface area contributed by atoms with Crippen LogP contribution in [0.1, 0.15) is 0 Å². The van der Waals surface area contributed by atoms with Crippen molar-refractivity contribution in [2.75, 3.05) is 0 Å². The summed E-state index contributed by atoms with van der Waals surface area (Å²) >= 11 is 12.1. The van der Waals surface area contributed by atoms with Gasteiger partial charge in [0.05, 0.1) is 16.1 Å². The molecule has 0 atom stereocenters. The predicted molar refractivity (Wildman–Crippen MR) is 73.2 cm³/mol. The molecule has 0 aliphatic heterocycles. The van der Waals surface area contributed by atoms with Crippen molar-refractivity contribution in [3.8, 4) is 17.1 Å². The summed E-state index contributed by atoms with van der Waals surface area (Å²) in [5.41, 5.74) is 2.25. The highest BCUT2D eigenvalue weighted by Crippen LogP contribution is 2.30. The highest BCUT2D eigenvalue weighted by molar-refractivity contribution is 6.35. The number of imidazole rings is 1. The van der Waals surface area contributed by atoms with E-state index in [4.69, 9.17) is 23.2 Å². The van der Waals surface area contributed by atoms with E-state index in [9.17, 15) is 5.11 Å². The molecule has 0 radical (unpaired) electrons. The van der Waals surface area contributed by atoms with E-state index in [2.05, 4.69) is 9.97 Å². The zero-order chi connectivity index (χ0) is 12.7. The van der Waals surface area contributed by atoms with Crippen LogP contribution in [0.2, 0.25) is 10.0 Å². The van der Waals surface area contributed by atoms with Crippen LogP contribution in [0.15, 0.2) is 36.4 Å². The van der Waals surface area contributed by atoms with Crippen molar-refractivity contribution in [3.05, 3.63) is 46.4 Å². The number of H-pyrrole nitrogens is 1. The lowest BCUT2D eigenvalue weighted by Crippen LogP contribution is -1.82. The lowest BCUT2D eigenvalue weighted by atomic mass is 10.2. The molecule has 0 fully saturated rings. The topological polar surface area (TPSA) is 48.9 Å². The van der Waals surface area contributed by atoms with E-state index in [1.54, 1.807) is 36.4 Å². The van der Waals surface area contributed by atoms with Gasteiger partial charge in [-0.1, -0.05) is 23.2 Å². The number of hydrogen-bond acceptors (Lipinski definition) is 2. The monoisotopic (exact) mass is 278 g/mol. The molecule has 0 spiro atoms. The standard InChI is InChI=1S/C13H8Cl2N2O/c14-7-1-3-10(15)9(5-7)13-16-11-4-2-8(18)6-12(11)17-13/h1-6,18H,(H,16,17). The number of nitrogens with one attached hydrogen (secondary N) is 1.